The Bertz CT molecular complexity index is 790. The quantitative estimate of drug-likeness (QED) is 0.652. The molecule has 0 fully saturated rings. The summed E-state index contributed by atoms with van der Waals surface area (Å²) in [6.45, 7) is 4.21. The number of aryl methyl sites for hydroxylation is 1. The topological polar surface area (TPSA) is 69.6 Å². The van der Waals surface area contributed by atoms with Crippen LogP contribution in [0.25, 0.3) is 10.9 Å². The van der Waals surface area contributed by atoms with Crippen LogP contribution >= 0.6 is 0 Å². The summed E-state index contributed by atoms with van der Waals surface area (Å²) in [5, 5.41) is 3.63. The smallest absolute Gasteiger partial charge is 0.330 e. The summed E-state index contributed by atoms with van der Waals surface area (Å²) in [5.41, 5.74) is 2.43. The maximum atomic E-state index is 12.5. The number of nitrogens with one attached hydrogen (secondary N) is 1. The van der Waals surface area contributed by atoms with Crippen molar-refractivity contribution in [3.05, 3.63) is 41.6 Å². The molecule has 0 saturated carbocycles. The van der Waals surface area contributed by atoms with E-state index >= 15 is 0 Å². The van der Waals surface area contributed by atoms with Crippen molar-refractivity contribution in [1.82, 2.24) is 9.88 Å². The van der Waals surface area contributed by atoms with Crippen molar-refractivity contribution in [3.8, 4) is 5.75 Å². The minimum absolute atomic E-state index is 0.195. The summed E-state index contributed by atoms with van der Waals surface area (Å²) in [4.78, 5) is 23.8. The molecule has 0 saturated heterocycles. The second-order valence-corrected chi connectivity index (χ2v) is 5.27. The van der Waals surface area contributed by atoms with Crippen LogP contribution in [0.4, 0.5) is 0 Å². The molecule has 0 radical (unpaired) electrons. The van der Waals surface area contributed by atoms with Gasteiger partial charge in [-0.3, -0.25) is 4.79 Å². The van der Waals surface area contributed by atoms with Gasteiger partial charge in [-0.05, 0) is 32.0 Å². The highest BCUT2D eigenvalue weighted by Gasteiger charge is 2.18. The summed E-state index contributed by atoms with van der Waals surface area (Å²) in [6, 6.07) is 5.65. The summed E-state index contributed by atoms with van der Waals surface area (Å²) < 4.78 is 12.0. The fourth-order valence-corrected chi connectivity index (χ4v) is 2.55. The molecule has 1 aromatic carbocycles. The van der Waals surface area contributed by atoms with Gasteiger partial charge < -0.3 is 19.4 Å². The Hall–Kier alpha value is -2.76. The van der Waals surface area contributed by atoms with E-state index in [2.05, 4.69) is 5.32 Å². The Morgan fingerprint density at radius 1 is 1.33 bits per heavy atom. The first-order valence-electron chi connectivity index (χ1n) is 7.74. The van der Waals surface area contributed by atoms with Crippen LogP contribution in [0.5, 0.6) is 5.75 Å². The van der Waals surface area contributed by atoms with Crippen LogP contribution in [0.2, 0.25) is 0 Å². The fraction of sp³-hybridized carbons (Fsp3) is 0.333. The zero-order valence-corrected chi connectivity index (χ0v) is 14.4. The van der Waals surface area contributed by atoms with Gasteiger partial charge in [0.25, 0.3) is 5.91 Å². The lowest BCUT2D eigenvalue weighted by Crippen LogP contribution is -2.24. The van der Waals surface area contributed by atoms with Gasteiger partial charge in [-0.1, -0.05) is 6.08 Å². The van der Waals surface area contributed by atoms with Crippen LogP contribution in [-0.4, -0.2) is 36.7 Å². The van der Waals surface area contributed by atoms with Crippen molar-refractivity contribution in [2.75, 3.05) is 20.3 Å². The highest BCUT2D eigenvalue weighted by atomic mass is 16.5. The number of esters is 1. The van der Waals surface area contributed by atoms with Crippen LogP contribution < -0.4 is 10.1 Å². The number of hydrogen-bond acceptors (Lipinski definition) is 4. The number of hydrogen-bond donors (Lipinski definition) is 1. The molecule has 0 aliphatic rings. The average molecular weight is 330 g/mol. The largest absolute Gasteiger partial charge is 0.497 e. The molecule has 0 aliphatic carbocycles. The zero-order chi connectivity index (χ0) is 17.7. The molecule has 0 bridgehead atoms. The van der Waals surface area contributed by atoms with Gasteiger partial charge in [0.05, 0.1) is 19.3 Å². The lowest BCUT2D eigenvalue weighted by atomic mass is 10.1. The molecule has 2 rings (SSSR count). The van der Waals surface area contributed by atoms with E-state index in [-0.39, 0.29) is 12.5 Å². The molecule has 1 amide bonds. The first-order valence-corrected chi connectivity index (χ1v) is 7.74. The predicted octanol–water partition coefficient (Wildman–Crippen LogP) is 2.34. The van der Waals surface area contributed by atoms with Crippen molar-refractivity contribution in [3.63, 3.8) is 0 Å². The molecule has 1 aromatic heterocycles. The number of carbonyl (C=O) groups is 2. The Morgan fingerprint density at radius 2 is 2.08 bits per heavy atom. The summed E-state index contributed by atoms with van der Waals surface area (Å²) in [7, 11) is 3.51. The molecular formula is C18H22N2O4. The third-order valence-electron chi connectivity index (χ3n) is 3.85. The first kappa shape index (κ1) is 17.6. The van der Waals surface area contributed by atoms with Gasteiger partial charge in [0.15, 0.2) is 0 Å². The zero-order valence-electron chi connectivity index (χ0n) is 14.4. The van der Waals surface area contributed by atoms with Crippen LogP contribution in [-0.2, 0) is 16.6 Å². The number of benzene rings is 1. The Kier molecular flexibility index (Phi) is 5.63. The SMILES string of the molecule is CCOC(=O)/C=C/CNC(=O)c1c(C)n(C)c2ccc(OC)cc12. The molecule has 1 N–H and O–H groups in total. The van der Waals surface area contributed by atoms with Gasteiger partial charge in [-0.2, -0.15) is 0 Å². The van der Waals surface area contributed by atoms with Crippen molar-refractivity contribution in [2.24, 2.45) is 7.05 Å². The summed E-state index contributed by atoms with van der Waals surface area (Å²) in [5.74, 6) is 0.0852. The molecule has 2 aromatic rings. The molecule has 6 heteroatoms. The van der Waals surface area contributed by atoms with Crippen molar-refractivity contribution in [2.45, 2.75) is 13.8 Å². The van der Waals surface area contributed by atoms with Gasteiger partial charge >= 0.3 is 5.97 Å². The second kappa shape index (κ2) is 7.68. The number of methoxy groups -OCH3 is 1. The van der Waals surface area contributed by atoms with Gasteiger partial charge in [0, 0.05) is 36.3 Å². The normalized spacial score (nSPS) is 11.0. The van der Waals surface area contributed by atoms with E-state index in [1.54, 1.807) is 20.1 Å². The molecular weight excluding hydrogens is 308 g/mol. The Balaban J connectivity index is 2.20. The fourth-order valence-electron chi connectivity index (χ4n) is 2.55. The van der Waals surface area contributed by atoms with E-state index in [4.69, 9.17) is 9.47 Å². The van der Waals surface area contributed by atoms with Gasteiger partial charge in [0.2, 0.25) is 0 Å². The van der Waals surface area contributed by atoms with Crippen molar-refractivity contribution < 1.29 is 19.1 Å². The Labute approximate surface area is 141 Å². The molecule has 6 nitrogen and oxygen atoms in total. The Morgan fingerprint density at radius 3 is 2.75 bits per heavy atom. The van der Waals surface area contributed by atoms with E-state index in [0.29, 0.717) is 17.9 Å². The van der Waals surface area contributed by atoms with E-state index in [0.717, 1.165) is 16.6 Å². The van der Waals surface area contributed by atoms with Gasteiger partial charge in [0.1, 0.15) is 5.75 Å². The molecule has 0 unspecified atom stereocenters. The van der Waals surface area contributed by atoms with Crippen LogP contribution in [0.3, 0.4) is 0 Å². The highest BCUT2D eigenvalue weighted by molar-refractivity contribution is 6.08. The molecule has 1 heterocycles. The summed E-state index contributed by atoms with van der Waals surface area (Å²) in [6.07, 6.45) is 2.87. The number of amides is 1. The number of carbonyl (C=O) groups excluding carboxylic acids is 2. The maximum absolute atomic E-state index is 12.5. The lowest BCUT2D eigenvalue weighted by Gasteiger charge is -2.04. The monoisotopic (exact) mass is 330 g/mol. The summed E-state index contributed by atoms with van der Waals surface area (Å²) >= 11 is 0. The minimum Gasteiger partial charge on any atom is -0.497 e. The third-order valence-corrected chi connectivity index (χ3v) is 3.85. The lowest BCUT2D eigenvalue weighted by molar-refractivity contribution is -0.137. The minimum atomic E-state index is -0.419. The number of fused-ring (bicyclic) bond motifs is 1. The number of rotatable bonds is 6. The molecule has 0 aliphatic heterocycles. The number of aromatic nitrogens is 1. The van der Waals surface area contributed by atoms with Crippen LogP contribution in [0.1, 0.15) is 23.0 Å². The third kappa shape index (κ3) is 3.59. The number of nitrogens with zero attached hydrogens (tertiary/aromatic N) is 1. The molecule has 0 atom stereocenters. The van der Waals surface area contributed by atoms with E-state index < -0.39 is 5.97 Å². The average Bonchev–Trinajstić information content (AvgIpc) is 2.82. The number of ether oxygens (including phenoxy) is 2. The molecule has 24 heavy (non-hydrogen) atoms. The van der Waals surface area contributed by atoms with E-state index in [1.807, 2.05) is 36.7 Å². The van der Waals surface area contributed by atoms with Crippen LogP contribution in [0, 0.1) is 6.92 Å². The predicted molar refractivity (Wildman–Crippen MR) is 92.3 cm³/mol. The van der Waals surface area contributed by atoms with Crippen molar-refractivity contribution >= 4 is 22.8 Å². The first-order chi connectivity index (χ1) is 11.5. The second-order valence-electron chi connectivity index (χ2n) is 5.27. The molecule has 0 spiro atoms. The highest BCUT2D eigenvalue weighted by Crippen LogP contribution is 2.28. The van der Waals surface area contributed by atoms with E-state index in [1.165, 1.54) is 6.08 Å². The maximum Gasteiger partial charge on any atom is 0.330 e. The van der Waals surface area contributed by atoms with Crippen LogP contribution in [0.15, 0.2) is 30.4 Å². The molecule has 128 valence electrons. The van der Waals surface area contributed by atoms with Gasteiger partial charge in [-0.25, -0.2) is 4.79 Å². The standard InChI is InChI=1S/C18H22N2O4/c1-5-24-16(21)7-6-10-19-18(22)17-12(2)20(3)15-9-8-13(23-4)11-14(15)17/h6-9,11H,5,10H2,1-4H3,(H,19,22)/b7-6+. The van der Waals surface area contributed by atoms with Crippen molar-refractivity contribution in [1.29, 1.82) is 0 Å². The van der Waals surface area contributed by atoms with E-state index in [9.17, 15) is 9.59 Å². The van der Waals surface area contributed by atoms with Gasteiger partial charge in [-0.15, -0.1) is 0 Å².